The molecule has 3 aromatic carbocycles. The molecule has 0 aromatic heterocycles. The van der Waals surface area contributed by atoms with E-state index in [-0.39, 0.29) is 0 Å². The highest BCUT2D eigenvalue weighted by molar-refractivity contribution is 6.00. The summed E-state index contributed by atoms with van der Waals surface area (Å²) >= 11 is 0. The smallest absolute Gasteiger partial charge is 0.00867 e. The molecule has 167 valence electrons. The van der Waals surface area contributed by atoms with Crippen molar-refractivity contribution in [1.82, 2.24) is 0 Å². The fraction of sp³-hybridized carbons (Fsp3) is 0.516. The molecule has 0 nitrogen and oxygen atoms in total. The van der Waals surface area contributed by atoms with Crippen molar-refractivity contribution in [3.05, 3.63) is 66.6 Å². The molecule has 0 amide bonds. The van der Waals surface area contributed by atoms with E-state index in [2.05, 4.69) is 67.9 Å². The maximum Gasteiger partial charge on any atom is -0.00867 e. The summed E-state index contributed by atoms with van der Waals surface area (Å²) < 4.78 is 0. The highest BCUT2D eigenvalue weighted by atomic mass is 14.1. The van der Waals surface area contributed by atoms with Gasteiger partial charge in [0.05, 0.1) is 0 Å². The van der Waals surface area contributed by atoms with Gasteiger partial charge < -0.3 is 0 Å². The van der Waals surface area contributed by atoms with Crippen LogP contribution in [-0.4, -0.2) is 0 Å². The Morgan fingerprint density at radius 1 is 0.516 bits per heavy atom. The van der Waals surface area contributed by atoms with E-state index in [1.54, 1.807) is 0 Å². The van der Waals surface area contributed by atoms with Crippen LogP contribution < -0.4 is 0 Å². The average Bonchev–Trinajstić information content (AvgIpc) is 2.80. The Morgan fingerprint density at radius 2 is 1.03 bits per heavy atom. The molecule has 0 aliphatic heterocycles. The van der Waals surface area contributed by atoms with Gasteiger partial charge in [-0.15, -0.1) is 0 Å². The second-order valence-electron chi connectivity index (χ2n) is 9.36. The van der Waals surface area contributed by atoms with Gasteiger partial charge >= 0.3 is 0 Å². The second-order valence-corrected chi connectivity index (χ2v) is 9.36. The summed E-state index contributed by atoms with van der Waals surface area (Å²) in [6, 6.07) is 20.1. The molecule has 0 heteroatoms. The molecule has 0 heterocycles. The third-order valence-electron chi connectivity index (χ3n) is 6.70. The van der Waals surface area contributed by atoms with Crippen molar-refractivity contribution >= 4 is 21.5 Å². The van der Waals surface area contributed by atoms with E-state index in [0.717, 1.165) is 0 Å². The van der Waals surface area contributed by atoms with E-state index in [1.165, 1.54) is 123 Å². The zero-order valence-electron chi connectivity index (χ0n) is 19.9. The molecular formula is C31H43. The van der Waals surface area contributed by atoms with Gasteiger partial charge in [-0.05, 0) is 52.1 Å². The third kappa shape index (κ3) is 8.32. The van der Waals surface area contributed by atoms with Gasteiger partial charge in [0.2, 0.25) is 0 Å². The molecule has 3 rings (SSSR count). The Kier molecular flexibility index (Phi) is 11.0. The number of hydrogen-bond acceptors (Lipinski definition) is 0. The Morgan fingerprint density at radius 3 is 1.65 bits per heavy atom. The summed E-state index contributed by atoms with van der Waals surface area (Å²) in [7, 11) is 0. The van der Waals surface area contributed by atoms with Crippen molar-refractivity contribution < 1.29 is 0 Å². The zero-order chi connectivity index (χ0) is 21.6. The predicted molar refractivity (Wildman–Crippen MR) is 140 cm³/mol. The van der Waals surface area contributed by atoms with E-state index >= 15 is 0 Å². The first kappa shape index (κ1) is 23.8. The molecule has 1 radical (unpaired) electrons. The molecule has 0 spiro atoms. The molecule has 3 aromatic rings. The first-order valence-corrected chi connectivity index (χ1v) is 13.1. The lowest BCUT2D eigenvalue weighted by Crippen LogP contribution is -1.87. The summed E-state index contributed by atoms with van der Waals surface area (Å²) in [5.41, 5.74) is 1.40. The van der Waals surface area contributed by atoms with Crippen LogP contribution in [0.25, 0.3) is 21.5 Å². The lowest BCUT2D eigenvalue weighted by Gasteiger charge is -2.08. The standard InChI is InChI=1S/C31H43/c1-2-3-4-5-6-7-8-9-10-11-12-13-14-15-16-20-27-23-19-24-30-25-28-21-17-18-22-29(28)26-31(27)30/h17-26H,2-16H2,1H3. The van der Waals surface area contributed by atoms with Gasteiger partial charge in [-0.2, -0.15) is 0 Å². The second kappa shape index (κ2) is 14.3. The van der Waals surface area contributed by atoms with Gasteiger partial charge in [0.25, 0.3) is 0 Å². The summed E-state index contributed by atoms with van der Waals surface area (Å²) in [5.74, 6) is 0. The van der Waals surface area contributed by atoms with Gasteiger partial charge in [-0.3, -0.25) is 0 Å². The van der Waals surface area contributed by atoms with Crippen molar-refractivity contribution in [2.24, 2.45) is 0 Å². The SMILES string of the molecule is CCCCCCCCCCCCCCCC[CH]c1cccc2cc3ccccc3cc12. The molecule has 0 saturated heterocycles. The molecule has 0 atom stereocenters. The van der Waals surface area contributed by atoms with Gasteiger partial charge in [0.1, 0.15) is 0 Å². The largest absolute Gasteiger partial charge is 0.0654 e. The van der Waals surface area contributed by atoms with Crippen LogP contribution in [0.4, 0.5) is 0 Å². The molecule has 31 heavy (non-hydrogen) atoms. The molecule has 0 saturated carbocycles. The third-order valence-corrected chi connectivity index (χ3v) is 6.70. The van der Waals surface area contributed by atoms with Crippen LogP contribution >= 0.6 is 0 Å². The number of unbranched alkanes of at least 4 members (excludes halogenated alkanes) is 14. The molecular weight excluding hydrogens is 372 g/mol. The van der Waals surface area contributed by atoms with Crippen LogP contribution in [0.1, 0.15) is 109 Å². The Balaban J connectivity index is 1.25. The fourth-order valence-electron chi connectivity index (χ4n) is 4.77. The summed E-state index contributed by atoms with van der Waals surface area (Å²) in [5, 5.41) is 5.42. The summed E-state index contributed by atoms with van der Waals surface area (Å²) in [6.07, 6.45) is 23.6. The molecule has 0 unspecified atom stereocenters. The van der Waals surface area contributed by atoms with E-state index < -0.39 is 0 Å². The predicted octanol–water partition coefficient (Wildman–Crippen LogP) is 10.4. The number of fused-ring (bicyclic) bond motifs is 2. The van der Waals surface area contributed by atoms with Gasteiger partial charge in [0.15, 0.2) is 0 Å². The number of rotatable bonds is 16. The lowest BCUT2D eigenvalue weighted by molar-refractivity contribution is 0.535. The summed E-state index contributed by atoms with van der Waals surface area (Å²) in [6.45, 7) is 2.30. The Hall–Kier alpha value is -1.82. The van der Waals surface area contributed by atoms with Crippen molar-refractivity contribution in [1.29, 1.82) is 0 Å². The maximum absolute atomic E-state index is 2.46. The number of benzene rings is 3. The van der Waals surface area contributed by atoms with Crippen molar-refractivity contribution in [3.8, 4) is 0 Å². The quantitative estimate of drug-likeness (QED) is 0.161. The van der Waals surface area contributed by atoms with Crippen molar-refractivity contribution in [2.75, 3.05) is 0 Å². The first-order valence-electron chi connectivity index (χ1n) is 13.1. The van der Waals surface area contributed by atoms with Crippen LogP contribution in [0, 0.1) is 6.42 Å². The summed E-state index contributed by atoms with van der Waals surface area (Å²) in [4.78, 5) is 0. The van der Waals surface area contributed by atoms with Crippen LogP contribution in [0.3, 0.4) is 0 Å². The molecule has 0 aliphatic rings. The molecule has 0 fully saturated rings. The lowest BCUT2D eigenvalue weighted by atomic mass is 9.96. The van der Waals surface area contributed by atoms with Crippen LogP contribution in [0.15, 0.2) is 54.6 Å². The Labute approximate surface area is 191 Å². The molecule has 0 N–H and O–H groups in total. The Bertz CT molecular complexity index is 875. The topological polar surface area (TPSA) is 0 Å². The van der Waals surface area contributed by atoms with Gasteiger partial charge in [-0.1, -0.05) is 139 Å². The van der Waals surface area contributed by atoms with Crippen LogP contribution in [0.2, 0.25) is 0 Å². The van der Waals surface area contributed by atoms with E-state index in [9.17, 15) is 0 Å². The van der Waals surface area contributed by atoms with Crippen molar-refractivity contribution in [3.63, 3.8) is 0 Å². The average molecular weight is 416 g/mol. The normalized spacial score (nSPS) is 11.5. The van der Waals surface area contributed by atoms with Crippen molar-refractivity contribution in [2.45, 2.75) is 103 Å². The monoisotopic (exact) mass is 415 g/mol. The first-order chi connectivity index (χ1) is 15.4. The van der Waals surface area contributed by atoms with E-state index in [4.69, 9.17) is 0 Å². The fourth-order valence-corrected chi connectivity index (χ4v) is 4.77. The minimum Gasteiger partial charge on any atom is -0.0654 e. The van der Waals surface area contributed by atoms with Crippen LogP contribution in [-0.2, 0) is 0 Å². The van der Waals surface area contributed by atoms with E-state index in [0.29, 0.717) is 0 Å². The van der Waals surface area contributed by atoms with Gasteiger partial charge in [-0.25, -0.2) is 0 Å². The minimum atomic E-state index is 1.20. The number of hydrogen-bond donors (Lipinski definition) is 0. The molecule has 0 aliphatic carbocycles. The van der Waals surface area contributed by atoms with E-state index in [1.807, 2.05) is 0 Å². The highest BCUT2D eigenvalue weighted by Crippen LogP contribution is 2.27. The minimum absolute atomic E-state index is 1.20. The van der Waals surface area contributed by atoms with Crippen LogP contribution in [0.5, 0.6) is 0 Å². The van der Waals surface area contributed by atoms with Gasteiger partial charge in [0, 0.05) is 0 Å². The maximum atomic E-state index is 2.46. The highest BCUT2D eigenvalue weighted by Gasteiger charge is 2.03. The zero-order valence-corrected chi connectivity index (χ0v) is 19.9. The molecule has 0 bridgehead atoms.